The molecule has 0 bridgehead atoms. The van der Waals surface area contributed by atoms with Crippen LogP contribution < -0.4 is 0 Å². The van der Waals surface area contributed by atoms with Gasteiger partial charge >= 0.3 is 0 Å². The maximum atomic E-state index is 9.57. The molecule has 1 heteroatoms. The Kier molecular flexibility index (Phi) is 5.02. The SMILES string of the molecule is [2H]c1c(-c2ccccc2)c([2H])c2c(oc3c([2H])c([2H])c([2H])c(-c4c5ccccc5c(-c5cc(-c6ccccc6)cc6ccccc56)c5ccccc45)c32)c1[2H]. The molecule has 0 aliphatic heterocycles. The summed E-state index contributed by atoms with van der Waals surface area (Å²) in [4.78, 5) is 0. The lowest BCUT2D eigenvalue weighted by atomic mass is 9.83. The van der Waals surface area contributed by atoms with E-state index < -0.39 is 0 Å². The van der Waals surface area contributed by atoms with E-state index in [4.69, 9.17) is 9.90 Å². The highest BCUT2D eigenvalue weighted by Crippen LogP contribution is 2.48. The summed E-state index contributed by atoms with van der Waals surface area (Å²) >= 11 is 0. The smallest absolute Gasteiger partial charge is 0.136 e. The Labute approximate surface area is 292 Å². The van der Waals surface area contributed by atoms with E-state index in [0.717, 1.165) is 54.6 Å². The van der Waals surface area contributed by atoms with Gasteiger partial charge in [-0.2, -0.15) is 0 Å². The molecule has 10 rings (SSSR count). The average molecular weight is 629 g/mol. The zero-order chi connectivity index (χ0) is 37.5. The molecule has 0 saturated heterocycles. The Morgan fingerprint density at radius 2 is 0.939 bits per heavy atom. The molecule has 0 fully saturated rings. The third kappa shape index (κ3) is 4.40. The summed E-state index contributed by atoms with van der Waals surface area (Å²) < 4.78 is 61.5. The molecule has 0 amide bonds. The van der Waals surface area contributed by atoms with Gasteiger partial charge in [0.05, 0.1) is 8.22 Å². The first-order valence-electron chi connectivity index (χ1n) is 19.4. The van der Waals surface area contributed by atoms with Crippen molar-refractivity contribution in [3.05, 3.63) is 182 Å². The molecule has 1 aromatic heterocycles. The summed E-state index contributed by atoms with van der Waals surface area (Å²) in [5, 5.41) is 6.36. The van der Waals surface area contributed by atoms with E-state index in [1.54, 1.807) is 0 Å². The van der Waals surface area contributed by atoms with Crippen molar-refractivity contribution in [2.24, 2.45) is 0 Å². The number of benzene rings is 9. The quantitative estimate of drug-likeness (QED) is 0.177. The number of rotatable bonds is 4. The van der Waals surface area contributed by atoms with Gasteiger partial charge in [-0.25, -0.2) is 0 Å². The van der Waals surface area contributed by atoms with E-state index in [0.29, 0.717) is 22.1 Å². The first kappa shape index (κ1) is 22.2. The van der Waals surface area contributed by atoms with Crippen molar-refractivity contribution < 1.29 is 12.6 Å². The van der Waals surface area contributed by atoms with Crippen molar-refractivity contribution in [2.75, 3.05) is 0 Å². The van der Waals surface area contributed by atoms with Crippen LogP contribution in [-0.4, -0.2) is 0 Å². The molecule has 0 radical (unpaired) electrons. The van der Waals surface area contributed by atoms with Crippen LogP contribution in [0.4, 0.5) is 0 Å². The predicted molar refractivity (Wildman–Crippen MR) is 208 cm³/mol. The molecule has 49 heavy (non-hydrogen) atoms. The van der Waals surface area contributed by atoms with Gasteiger partial charge < -0.3 is 4.42 Å². The highest BCUT2D eigenvalue weighted by Gasteiger charge is 2.21. The summed E-state index contributed by atoms with van der Waals surface area (Å²) in [5.41, 5.74) is 6.25. The molecule has 0 N–H and O–H groups in total. The molecule has 228 valence electrons. The van der Waals surface area contributed by atoms with Crippen molar-refractivity contribution in [3.8, 4) is 44.5 Å². The van der Waals surface area contributed by atoms with Crippen molar-refractivity contribution in [1.29, 1.82) is 0 Å². The third-order valence-corrected chi connectivity index (χ3v) is 9.56. The average Bonchev–Trinajstić information content (AvgIpc) is 3.63. The van der Waals surface area contributed by atoms with Gasteiger partial charge in [-0.3, -0.25) is 0 Å². The van der Waals surface area contributed by atoms with E-state index in [1.807, 2.05) is 84.9 Å². The molecule has 1 heterocycles. The Hall–Kier alpha value is -6.44. The third-order valence-electron chi connectivity index (χ3n) is 9.56. The summed E-state index contributed by atoms with van der Waals surface area (Å²) in [7, 11) is 0. The number of furan rings is 1. The molecular formula is C48H30O. The number of hydrogen-bond donors (Lipinski definition) is 0. The van der Waals surface area contributed by atoms with Crippen molar-refractivity contribution in [1.82, 2.24) is 0 Å². The van der Waals surface area contributed by atoms with E-state index in [2.05, 4.69) is 60.7 Å². The van der Waals surface area contributed by atoms with Gasteiger partial charge in [0, 0.05) is 10.8 Å². The molecule has 0 saturated carbocycles. The molecule has 0 unspecified atom stereocenters. The first-order chi connectivity index (χ1) is 26.8. The largest absolute Gasteiger partial charge is 0.456 e. The maximum Gasteiger partial charge on any atom is 0.136 e. The standard InChI is InChI=1S/C48H30O/c1-3-14-31(15-4-1)33-26-27-44-43(29-33)48-41(24-13-25-45(48)49-44)46-37-20-9-11-22-39(37)47(40-23-12-10-21-38(40)46)42-30-35(32-16-5-2-6-17-32)28-34-18-7-8-19-36(34)42/h1-30H/i13D,24D,25D,26D,27D,29D. The normalized spacial score (nSPS) is 13.4. The van der Waals surface area contributed by atoms with E-state index >= 15 is 0 Å². The van der Waals surface area contributed by atoms with Gasteiger partial charge in [-0.05, 0) is 107 Å². The minimum atomic E-state index is -0.312. The lowest BCUT2D eigenvalue weighted by Crippen LogP contribution is -1.93. The number of hydrogen-bond acceptors (Lipinski definition) is 1. The second kappa shape index (κ2) is 11.1. The van der Waals surface area contributed by atoms with Gasteiger partial charge in [0.2, 0.25) is 0 Å². The van der Waals surface area contributed by atoms with Crippen molar-refractivity contribution >= 4 is 54.3 Å². The zero-order valence-corrected chi connectivity index (χ0v) is 26.3. The van der Waals surface area contributed by atoms with Crippen molar-refractivity contribution in [3.63, 3.8) is 0 Å². The van der Waals surface area contributed by atoms with Gasteiger partial charge in [-0.15, -0.1) is 0 Å². The highest BCUT2D eigenvalue weighted by atomic mass is 16.3. The summed E-state index contributed by atoms with van der Waals surface area (Å²) in [5.74, 6) is 0. The monoisotopic (exact) mass is 628 g/mol. The second-order valence-corrected chi connectivity index (χ2v) is 12.3. The minimum absolute atomic E-state index is 0.00106. The Balaban J connectivity index is 1.39. The van der Waals surface area contributed by atoms with E-state index in [1.165, 1.54) is 0 Å². The lowest BCUT2D eigenvalue weighted by Gasteiger charge is -2.20. The fourth-order valence-corrected chi connectivity index (χ4v) is 7.39. The van der Waals surface area contributed by atoms with Crippen LogP contribution in [0.15, 0.2) is 186 Å². The highest BCUT2D eigenvalue weighted by molar-refractivity contribution is 6.27. The van der Waals surface area contributed by atoms with Gasteiger partial charge in [-0.1, -0.05) is 152 Å². The number of fused-ring (bicyclic) bond motifs is 6. The first-order valence-corrected chi connectivity index (χ1v) is 16.4. The van der Waals surface area contributed by atoms with Crippen LogP contribution in [0.1, 0.15) is 8.22 Å². The Morgan fingerprint density at radius 3 is 1.59 bits per heavy atom. The molecule has 1 nitrogen and oxygen atoms in total. The van der Waals surface area contributed by atoms with Gasteiger partial charge in [0.25, 0.3) is 0 Å². The maximum absolute atomic E-state index is 9.57. The lowest BCUT2D eigenvalue weighted by molar-refractivity contribution is 0.669. The minimum Gasteiger partial charge on any atom is -0.456 e. The second-order valence-electron chi connectivity index (χ2n) is 12.3. The van der Waals surface area contributed by atoms with Crippen LogP contribution in [0.3, 0.4) is 0 Å². The fraction of sp³-hybridized carbons (Fsp3) is 0. The molecule has 0 aliphatic carbocycles. The van der Waals surface area contributed by atoms with Crippen LogP contribution in [0, 0.1) is 0 Å². The van der Waals surface area contributed by atoms with Gasteiger partial charge in [0.15, 0.2) is 0 Å². The molecule has 0 aliphatic rings. The van der Waals surface area contributed by atoms with E-state index in [-0.39, 0.29) is 58.4 Å². The van der Waals surface area contributed by atoms with Crippen LogP contribution in [0.5, 0.6) is 0 Å². The Morgan fingerprint density at radius 1 is 0.388 bits per heavy atom. The van der Waals surface area contributed by atoms with Crippen LogP contribution in [0.2, 0.25) is 0 Å². The Bertz CT molecular complexity index is 3150. The summed E-state index contributed by atoms with van der Waals surface area (Å²) in [6.07, 6.45) is 0. The molecule has 0 spiro atoms. The predicted octanol–water partition coefficient (Wildman–Crippen LogP) is 13.7. The van der Waals surface area contributed by atoms with Crippen LogP contribution in [-0.2, 0) is 0 Å². The molecule has 9 aromatic carbocycles. The summed E-state index contributed by atoms with van der Waals surface area (Å²) in [6, 6.07) is 47.4. The molecular weight excluding hydrogens is 593 g/mol. The topological polar surface area (TPSA) is 13.1 Å². The summed E-state index contributed by atoms with van der Waals surface area (Å²) in [6.45, 7) is 0. The fourth-order valence-electron chi connectivity index (χ4n) is 7.39. The molecule has 10 aromatic rings. The van der Waals surface area contributed by atoms with Crippen LogP contribution >= 0.6 is 0 Å². The van der Waals surface area contributed by atoms with E-state index in [9.17, 15) is 2.74 Å². The van der Waals surface area contributed by atoms with Crippen molar-refractivity contribution in [2.45, 2.75) is 0 Å². The zero-order valence-electron chi connectivity index (χ0n) is 32.3. The van der Waals surface area contributed by atoms with Gasteiger partial charge in [0.1, 0.15) is 11.2 Å². The van der Waals surface area contributed by atoms with Crippen LogP contribution in [0.25, 0.3) is 98.8 Å². The molecule has 0 atom stereocenters.